The van der Waals surface area contributed by atoms with Gasteiger partial charge in [0.2, 0.25) is 0 Å². The van der Waals surface area contributed by atoms with Gasteiger partial charge in [-0.1, -0.05) is 0 Å². The molecule has 1 amide bonds. The number of amides is 1. The summed E-state index contributed by atoms with van der Waals surface area (Å²) in [5.41, 5.74) is 5.38. The SMILES string of the molecule is COC1CCN(C(=O)c2cc(O)[nH]c(=O)c2)C(CN)C1. The number of aromatic amines is 1. The fraction of sp³-hybridized carbons (Fsp3) is 0.538. The number of likely N-dealkylation sites (tertiary alicyclic amines) is 1. The molecular weight excluding hydrogens is 262 g/mol. The molecule has 0 bridgehead atoms. The van der Waals surface area contributed by atoms with Gasteiger partial charge in [-0.2, -0.15) is 0 Å². The smallest absolute Gasteiger partial charge is 0.254 e. The summed E-state index contributed by atoms with van der Waals surface area (Å²) in [4.78, 5) is 27.6. The van der Waals surface area contributed by atoms with Crippen LogP contribution >= 0.6 is 0 Å². The minimum absolute atomic E-state index is 0.0974. The Hall–Kier alpha value is -1.86. The maximum absolute atomic E-state index is 12.4. The Labute approximate surface area is 116 Å². The third-order valence-corrected chi connectivity index (χ3v) is 3.61. The van der Waals surface area contributed by atoms with E-state index in [1.54, 1.807) is 12.0 Å². The highest BCUT2D eigenvalue weighted by Crippen LogP contribution is 2.21. The van der Waals surface area contributed by atoms with E-state index < -0.39 is 5.56 Å². The summed E-state index contributed by atoms with van der Waals surface area (Å²) in [5.74, 6) is -0.617. The Kier molecular flexibility index (Phi) is 4.41. The Morgan fingerprint density at radius 1 is 1.60 bits per heavy atom. The lowest BCUT2D eigenvalue weighted by Crippen LogP contribution is -2.51. The van der Waals surface area contributed by atoms with E-state index in [1.807, 2.05) is 0 Å². The molecule has 0 saturated carbocycles. The number of rotatable bonds is 3. The van der Waals surface area contributed by atoms with Crippen LogP contribution in [0.1, 0.15) is 23.2 Å². The molecular formula is C13H19N3O4. The van der Waals surface area contributed by atoms with Crippen molar-refractivity contribution in [1.29, 1.82) is 0 Å². The number of piperidine rings is 1. The van der Waals surface area contributed by atoms with Crippen molar-refractivity contribution in [3.63, 3.8) is 0 Å². The number of nitrogens with two attached hydrogens (primary N) is 1. The number of aromatic hydroxyl groups is 1. The fourth-order valence-electron chi connectivity index (χ4n) is 2.54. The van der Waals surface area contributed by atoms with Gasteiger partial charge in [0, 0.05) is 38.4 Å². The summed E-state index contributed by atoms with van der Waals surface area (Å²) < 4.78 is 5.31. The first-order valence-corrected chi connectivity index (χ1v) is 6.52. The molecule has 1 fully saturated rings. The maximum Gasteiger partial charge on any atom is 0.254 e. The van der Waals surface area contributed by atoms with E-state index in [0.717, 1.165) is 6.42 Å². The number of aromatic nitrogens is 1. The zero-order chi connectivity index (χ0) is 14.7. The number of ether oxygens (including phenoxy) is 1. The third kappa shape index (κ3) is 3.00. The van der Waals surface area contributed by atoms with Crippen molar-refractivity contribution in [3.8, 4) is 5.88 Å². The molecule has 7 heteroatoms. The van der Waals surface area contributed by atoms with E-state index in [2.05, 4.69) is 4.98 Å². The van der Waals surface area contributed by atoms with Gasteiger partial charge in [-0.05, 0) is 12.8 Å². The molecule has 0 aromatic carbocycles. The molecule has 2 atom stereocenters. The van der Waals surface area contributed by atoms with Crippen LogP contribution in [-0.4, -0.2) is 53.2 Å². The van der Waals surface area contributed by atoms with Crippen LogP contribution in [0.2, 0.25) is 0 Å². The van der Waals surface area contributed by atoms with Crippen molar-refractivity contribution in [2.45, 2.75) is 25.0 Å². The molecule has 1 aliphatic heterocycles. The zero-order valence-electron chi connectivity index (χ0n) is 11.3. The van der Waals surface area contributed by atoms with Crippen molar-refractivity contribution in [1.82, 2.24) is 9.88 Å². The second-order valence-electron chi connectivity index (χ2n) is 4.89. The van der Waals surface area contributed by atoms with E-state index >= 15 is 0 Å². The van der Waals surface area contributed by atoms with Crippen molar-refractivity contribution >= 4 is 5.91 Å². The van der Waals surface area contributed by atoms with Crippen molar-refractivity contribution < 1.29 is 14.6 Å². The topological polar surface area (TPSA) is 109 Å². The van der Waals surface area contributed by atoms with Gasteiger partial charge in [0.15, 0.2) is 5.88 Å². The van der Waals surface area contributed by atoms with Gasteiger partial charge < -0.3 is 20.5 Å². The summed E-state index contributed by atoms with van der Waals surface area (Å²) in [6, 6.07) is 2.31. The highest BCUT2D eigenvalue weighted by Gasteiger charge is 2.31. The van der Waals surface area contributed by atoms with E-state index in [4.69, 9.17) is 10.5 Å². The number of nitrogens with zero attached hydrogens (tertiary/aromatic N) is 1. The summed E-state index contributed by atoms with van der Waals surface area (Å²) in [6.45, 7) is 0.855. The number of pyridine rings is 1. The van der Waals surface area contributed by atoms with Crippen LogP contribution in [-0.2, 0) is 4.74 Å². The van der Waals surface area contributed by atoms with Gasteiger partial charge in [0.25, 0.3) is 11.5 Å². The number of carbonyl (C=O) groups is 1. The molecule has 1 aromatic heterocycles. The van der Waals surface area contributed by atoms with Gasteiger partial charge in [0.1, 0.15) is 0 Å². The Morgan fingerprint density at radius 3 is 2.95 bits per heavy atom. The summed E-state index contributed by atoms with van der Waals surface area (Å²) in [7, 11) is 1.64. The number of methoxy groups -OCH3 is 1. The molecule has 2 unspecified atom stereocenters. The predicted molar refractivity (Wildman–Crippen MR) is 72.6 cm³/mol. The van der Waals surface area contributed by atoms with Crippen LogP contribution in [0.15, 0.2) is 16.9 Å². The standard InChI is InChI=1S/C13H19N3O4/c1-20-10-2-3-16(9(6-10)7-14)13(19)8-4-11(17)15-12(18)5-8/h4-5,9-10H,2-3,6-7,14H2,1H3,(H2,15,17,18). The van der Waals surface area contributed by atoms with Crippen molar-refractivity contribution in [2.24, 2.45) is 5.73 Å². The molecule has 20 heavy (non-hydrogen) atoms. The number of hydrogen-bond donors (Lipinski definition) is 3. The Balaban J connectivity index is 2.21. The predicted octanol–water partition coefficient (Wildman–Crippen LogP) is -0.341. The maximum atomic E-state index is 12.4. The lowest BCUT2D eigenvalue weighted by Gasteiger charge is -2.38. The van der Waals surface area contributed by atoms with Gasteiger partial charge in [-0.25, -0.2) is 0 Å². The van der Waals surface area contributed by atoms with E-state index in [9.17, 15) is 14.7 Å². The van der Waals surface area contributed by atoms with Gasteiger partial charge >= 0.3 is 0 Å². The lowest BCUT2D eigenvalue weighted by atomic mass is 9.98. The first-order chi connectivity index (χ1) is 9.55. The van der Waals surface area contributed by atoms with Crippen molar-refractivity contribution in [2.75, 3.05) is 20.2 Å². The van der Waals surface area contributed by atoms with Crippen LogP contribution in [0.25, 0.3) is 0 Å². The molecule has 0 radical (unpaired) electrons. The average molecular weight is 281 g/mol. The molecule has 0 aliphatic carbocycles. The number of H-pyrrole nitrogens is 1. The summed E-state index contributed by atoms with van der Waals surface area (Å²) in [6.07, 6.45) is 1.50. The average Bonchev–Trinajstić information content (AvgIpc) is 2.44. The molecule has 2 rings (SSSR count). The quantitative estimate of drug-likeness (QED) is 0.702. The number of hydrogen-bond acceptors (Lipinski definition) is 5. The molecule has 110 valence electrons. The van der Waals surface area contributed by atoms with Crippen LogP contribution in [0.4, 0.5) is 0 Å². The van der Waals surface area contributed by atoms with Gasteiger partial charge in [-0.15, -0.1) is 0 Å². The molecule has 4 N–H and O–H groups in total. The minimum Gasteiger partial charge on any atom is -0.494 e. The second-order valence-corrected chi connectivity index (χ2v) is 4.89. The molecule has 2 heterocycles. The Morgan fingerprint density at radius 2 is 2.35 bits per heavy atom. The summed E-state index contributed by atoms with van der Waals surface area (Å²) in [5, 5.41) is 9.37. The first kappa shape index (κ1) is 14.5. The van der Waals surface area contributed by atoms with Crippen LogP contribution in [0.3, 0.4) is 0 Å². The Bertz CT molecular complexity index is 543. The monoisotopic (exact) mass is 281 g/mol. The number of carbonyl (C=O) groups excluding carboxylic acids is 1. The van der Waals surface area contributed by atoms with Gasteiger partial charge in [0.05, 0.1) is 11.7 Å². The highest BCUT2D eigenvalue weighted by atomic mass is 16.5. The first-order valence-electron chi connectivity index (χ1n) is 6.52. The molecule has 1 saturated heterocycles. The molecule has 1 aromatic rings. The normalized spacial score (nSPS) is 22.8. The molecule has 7 nitrogen and oxygen atoms in total. The number of nitrogens with one attached hydrogen (secondary N) is 1. The summed E-state index contributed by atoms with van der Waals surface area (Å²) >= 11 is 0. The molecule has 1 aliphatic rings. The highest BCUT2D eigenvalue weighted by molar-refractivity contribution is 5.94. The van der Waals surface area contributed by atoms with Crippen LogP contribution in [0.5, 0.6) is 5.88 Å². The van der Waals surface area contributed by atoms with Crippen LogP contribution in [0, 0.1) is 0 Å². The van der Waals surface area contributed by atoms with E-state index in [0.29, 0.717) is 19.5 Å². The van der Waals surface area contributed by atoms with E-state index in [-0.39, 0.29) is 29.5 Å². The zero-order valence-corrected chi connectivity index (χ0v) is 11.3. The fourth-order valence-corrected chi connectivity index (χ4v) is 2.54. The second kappa shape index (κ2) is 6.06. The third-order valence-electron chi connectivity index (χ3n) is 3.61. The largest absolute Gasteiger partial charge is 0.494 e. The van der Waals surface area contributed by atoms with Crippen LogP contribution < -0.4 is 11.3 Å². The minimum atomic E-state index is -0.510. The lowest BCUT2D eigenvalue weighted by molar-refractivity contribution is 0.0138. The molecule has 0 spiro atoms. The van der Waals surface area contributed by atoms with E-state index in [1.165, 1.54) is 12.1 Å². The van der Waals surface area contributed by atoms with Gasteiger partial charge in [-0.3, -0.25) is 14.6 Å². The van der Waals surface area contributed by atoms with Crippen molar-refractivity contribution in [3.05, 3.63) is 28.0 Å².